The first-order chi connectivity index (χ1) is 12.2. The van der Waals surface area contributed by atoms with Gasteiger partial charge >= 0.3 is 0 Å². The standard InChI is InChI=1S/C17H14N6O2/c18-9-10-25-14-8-4-7-13(11-14)20-17-21-16(19)23(22-17)15(24)12-5-2-1-3-6-12/h1-8,11H,10H2,(H3,19,20,21,22). The molecular weight excluding hydrogens is 320 g/mol. The quantitative estimate of drug-likeness (QED) is 0.734. The number of anilines is 3. The molecule has 0 unspecified atom stereocenters. The topological polar surface area (TPSA) is 119 Å². The highest BCUT2D eigenvalue weighted by Gasteiger charge is 2.15. The lowest BCUT2D eigenvalue weighted by atomic mass is 10.2. The van der Waals surface area contributed by atoms with E-state index in [-0.39, 0.29) is 24.4 Å². The number of carbonyl (C=O) groups is 1. The Balaban J connectivity index is 1.79. The van der Waals surface area contributed by atoms with Crippen LogP contribution in [0.2, 0.25) is 0 Å². The molecule has 3 rings (SSSR count). The minimum Gasteiger partial charge on any atom is -0.479 e. The van der Waals surface area contributed by atoms with Gasteiger partial charge in [-0.05, 0) is 24.3 Å². The summed E-state index contributed by atoms with van der Waals surface area (Å²) in [6.07, 6.45) is 0. The van der Waals surface area contributed by atoms with Gasteiger partial charge in [0.05, 0.1) is 0 Å². The first kappa shape index (κ1) is 16.0. The van der Waals surface area contributed by atoms with Crippen LogP contribution in [0.5, 0.6) is 5.75 Å². The Hall–Kier alpha value is -3.86. The van der Waals surface area contributed by atoms with Crippen molar-refractivity contribution < 1.29 is 9.53 Å². The molecule has 2 aromatic carbocycles. The van der Waals surface area contributed by atoms with Crippen molar-refractivity contribution in [1.82, 2.24) is 14.8 Å². The lowest BCUT2D eigenvalue weighted by molar-refractivity contribution is 0.0948. The van der Waals surface area contributed by atoms with Gasteiger partial charge in [0.15, 0.2) is 6.61 Å². The third kappa shape index (κ3) is 3.73. The van der Waals surface area contributed by atoms with Crippen LogP contribution in [0.25, 0.3) is 0 Å². The molecule has 0 spiro atoms. The number of carbonyl (C=O) groups excluding carboxylic acids is 1. The molecule has 3 N–H and O–H groups in total. The first-order valence-electron chi connectivity index (χ1n) is 7.36. The largest absolute Gasteiger partial charge is 0.479 e. The minimum atomic E-state index is -0.371. The van der Waals surface area contributed by atoms with Gasteiger partial charge in [-0.3, -0.25) is 4.79 Å². The molecule has 0 aliphatic heterocycles. The fourth-order valence-corrected chi connectivity index (χ4v) is 2.14. The van der Waals surface area contributed by atoms with Crippen LogP contribution in [-0.2, 0) is 0 Å². The summed E-state index contributed by atoms with van der Waals surface area (Å²) in [5.74, 6) is 0.316. The summed E-state index contributed by atoms with van der Waals surface area (Å²) in [5, 5.41) is 15.6. The van der Waals surface area contributed by atoms with Crippen molar-refractivity contribution in [3.63, 3.8) is 0 Å². The van der Waals surface area contributed by atoms with Crippen molar-refractivity contribution in [2.24, 2.45) is 0 Å². The Labute approximate surface area is 143 Å². The molecule has 0 aliphatic rings. The van der Waals surface area contributed by atoms with Crippen molar-refractivity contribution in [2.45, 2.75) is 0 Å². The Bertz CT molecular complexity index is 930. The maximum absolute atomic E-state index is 12.4. The number of nitrogens with one attached hydrogen (secondary N) is 1. The number of nitrogen functional groups attached to an aromatic ring is 1. The van der Waals surface area contributed by atoms with E-state index in [0.29, 0.717) is 17.0 Å². The molecule has 0 saturated carbocycles. The summed E-state index contributed by atoms with van der Waals surface area (Å²) < 4.78 is 6.27. The van der Waals surface area contributed by atoms with Crippen LogP contribution in [0.4, 0.5) is 17.6 Å². The number of rotatable bonds is 5. The van der Waals surface area contributed by atoms with Gasteiger partial charge in [0.25, 0.3) is 5.91 Å². The molecule has 0 amide bonds. The average molecular weight is 334 g/mol. The van der Waals surface area contributed by atoms with E-state index in [2.05, 4.69) is 15.4 Å². The van der Waals surface area contributed by atoms with Crippen molar-refractivity contribution in [1.29, 1.82) is 5.26 Å². The van der Waals surface area contributed by atoms with Gasteiger partial charge in [0.1, 0.15) is 11.8 Å². The second-order valence-corrected chi connectivity index (χ2v) is 4.98. The zero-order valence-electron chi connectivity index (χ0n) is 13.1. The summed E-state index contributed by atoms with van der Waals surface area (Å²) >= 11 is 0. The van der Waals surface area contributed by atoms with Crippen LogP contribution in [0.15, 0.2) is 54.6 Å². The van der Waals surface area contributed by atoms with Gasteiger partial charge in [0, 0.05) is 17.3 Å². The van der Waals surface area contributed by atoms with Gasteiger partial charge in [-0.25, -0.2) is 0 Å². The van der Waals surface area contributed by atoms with E-state index in [4.69, 9.17) is 15.7 Å². The lowest BCUT2D eigenvalue weighted by Crippen LogP contribution is -2.16. The fraction of sp³-hybridized carbons (Fsp3) is 0.0588. The normalized spacial score (nSPS) is 10.0. The summed E-state index contributed by atoms with van der Waals surface area (Å²) in [5.41, 5.74) is 6.89. The monoisotopic (exact) mass is 334 g/mol. The Kier molecular flexibility index (Phi) is 4.58. The molecule has 0 aliphatic carbocycles. The van der Waals surface area contributed by atoms with Crippen LogP contribution in [0, 0.1) is 11.3 Å². The van der Waals surface area contributed by atoms with E-state index >= 15 is 0 Å². The number of nitriles is 1. The fourth-order valence-electron chi connectivity index (χ4n) is 2.14. The van der Waals surface area contributed by atoms with Crippen molar-refractivity contribution >= 4 is 23.5 Å². The van der Waals surface area contributed by atoms with Gasteiger partial charge in [-0.15, -0.1) is 5.10 Å². The van der Waals surface area contributed by atoms with Crippen molar-refractivity contribution in [3.8, 4) is 11.8 Å². The molecule has 124 valence electrons. The molecule has 3 aromatic rings. The molecule has 8 heteroatoms. The number of hydrogen-bond acceptors (Lipinski definition) is 7. The van der Waals surface area contributed by atoms with Crippen LogP contribution < -0.4 is 15.8 Å². The summed E-state index contributed by atoms with van der Waals surface area (Å²) in [4.78, 5) is 16.5. The van der Waals surface area contributed by atoms with Crippen LogP contribution >= 0.6 is 0 Å². The maximum Gasteiger partial charge on any atom is 0.281 e. The third-order valence-electron chi connectivity index (χ3n) is 3.24. The molecule has 0 fully saturated rings. The molecule has 8 nitrogen and oxygen atoms in total. The Morgan fingerprint density at radius 2 is 2.04 bits per heavy atom. The molecular formula is C17H14N6O2. The van der Waals surface area contributed by atoms with Gasteiger partial charge in [0.2, 0.25) is 11.9 Å². The minimum absolute atomic E-state index is 0.0201. The van der Waals surface area contributed by atoms with E-state index in [0.717, 1.165) is 4.68 Å². The second kappa shape index (κ2) is 7.14. The van der Waals surface area contributed by atoms with E-state index in [9.17, 15) is 4.79 Å². The van der Waals surface area contributed by atoms with Gasteiger partial charge in [-0.2, -0.15) is 14.9 Å². The average Bonchev–Trinajstić information content (AvgIpc) is 3.00. The maximum atomic E-state index is 12.4. The molecule has 0 atom stereocenters. The zero-order chi connectivity index (χ0) is 17.6. The molecule has 0 radical (unpaired) electrons. The predicted molar refractivity (Wildman–Crippen MR) is 91.4 cm³/mol. The van der Waals surface area contributed by atoms with Crippen LogP contribution in [-0.4, -0.2) is 27.3 Å². The third-order valence-corrected chi connectivity index (χ3v) is 3.24. The first-order valence-corrected chi connectivity index (χ1v) is 7.36. The number of nitrogens with two attached hydrogens (primary N) is 1. The van der Waals surface area contributed by atoms with E-state index in [1.165, 1.54) is 0 Å². The summed E-state index contributed by atoms with van der Waals surface area (Å²) in [6.45, 7) is -0.0468. The highest BCUT2D eigenvalue weighted by atomic mass is 16.5. The Morgan fingerprint density at radius 1 is 1.24 bits per heavy atom. The predicted octanol–water partition coefficient (Wildman–Crippen LogP) is 2.19. The SMILES string of the molecule is N#CCOc1cccc(Nc2nc(N)n(C(=O)c3ccccc3)n2)c1. The lowest BCUT2D eigenvalue weighted by Gasteiger charge is -2.05. The van der Waals surface area contributed by atoms with Crippen molar-refractivity contribution in [3.05, 3.63) is 60.2 Å². The number of hydrogen-bond donors (Lipinski definition) is 2. The molecule has 0 bridgehead atoms. The van der Waals surface area contributed by atoms with E-state index in [1.807, 2.05) is 12.1 Å². The number of nitrogens with zero attached hydrogens (tertiary/aromatic N) is 4. The zero-order valence-corrected chi connectivity index (χ0v) is 13.1. The van der Waals surface area contributed by atoms with Crippen molar-refractivity contribution in [2.75, 3.05) is 17.7 Å². The number of aromatic nitrogens is 3. The summed E-state index contributed by atoms with van der Waals surface area (Å²) in [7, 11) is 0. The summed E-state index contributed by atoms with van der Waals surface area (Å²) in [6, 6.07) is 17.5. The number of benzene rings is 2. The highest BCUT2D eigenvalue weighted by molar-refractivity contribution is 5.96. The highest BCUT2D eigenvalue weighted by Crippen LogP contribution is 2.20. The Morgan fingerprint density at radius 3 is 2.80 bits per heavy atom. The molecule has 1 aromatic heterocycles. The smallest absolute Gasteiger partial charge is 0.281 e. The second-order valence-electron chi connectivity index (χ2n) is 4.98. The molecule has 1 heterocycles. The van der Waals surface area contributed by atoms with E-state index < -0.39 is 0 Å². The van der Waals surface area contributed by atoms with Gasteiger partial charge in [-0.1, -0.05) is 24.3 Å². The van der Waals surface area contributed by atoms with E-state index in [1.54, 1.807) is 48.5 Å². The van der Waals surface area contributed by atoms with Crippen LogP contribution in [0.3, 0.4) is 0 Å². The van der Waals surface area contributed by atoms with Gasteiger partial charge < -0.3 is 15.8 Å². The molecule has 0 saturated heterocycles. The van der Waals surface area contributed by atoms with Crippen LogP contribution in [0.1, 0.15) is 10.4 Å². The number of ether oxygens (including phenoxy) is 1. The molecule has 25 heavy (non-hydrogen) atoms.